The molecule has 0 aliphatic rings. The second kappa shape index (κ2) is 50.9. The molecule has 0 aromatic heterocycles. The Balaban J connectivity index is 4.28. The summed E-state index contributed by atoms with van der Waals surface area (Å²) >= 11 is 0. The van der Waals surface area contributed by atoms with Gasteiger partial charge in [0, 0.05) is 12.8 Å². The highest BCUT2D eigenvalue weighted by atomic mass is 31.2. The van der Waals surface area contributed by atoms with Crippen molar-refractivity contribution in [2.45, 2.75) is 225 Å². The number of ether oxygens (including phenoxy) is 2. The first-order valence-electron chi connectivity index (χ1n) is 27.9. The summed E-state index contributed by atoms with van der Waals surface area (Å²) in [4.78, 5) is 37.8. The van der Waals surface area contributed by atoms with E-state index in [0.717, 1.165) is 96.3 Å². The van der Waals surface area contributed by atoms with Crippen LogP contribution in [0, 0.1) is 0 Å². The first-order valence-corrected chi connectivity index (χ1v) is 29.4. The van der Waals surface area contributed by atoms with E-state index in [1.165, 1.54) is 89.9 Å². The van der Waals surface area contributed by atoms with Gasteiger partial charge >= 0.3 is 11.9 Å². The van der Waals surface area contributed by atoms with Gasteiger partial charge in [-0.1, -0.05) is 207 Å². The van der Waals surface area contributed by atoms with Crippen molar-refractivity contribution in [1.29, 1.82) is 0 Å². The third-order valence-corrected chi connectivity index (χ3v) is 12.6. The first-order chi connectivity index (χ1) is 34.0. The maximum atomic E-state index is 12.8. The van der Waals surface area contributed by atoms with Gasteiger partial charge < -0.3 is 27.9 Å². The van der Waals surface area contributed by atoms with E-state index in [1.807, 2.05) is 21.1 Å². The van der Waals surface area contributed by atoms with Crippen LogP contribution in [0.5, 0.6) is 0 Å². The number of carbonyl (C=O) groups is 2. The molecule has 0 aliphatic heterocycles. The van der Waals surface area contributed by atoms with Crippen molar-refractivity contribution in [1.82, 2.24) is 0 Å². The molecule has 0 radical (unpaired) electrons. The SMILES string of the molecule is CC/C=C\C/C=C\C/C=C\C/C=C\C/C=C\C/C=C\C/C=C\CCCCCCCC(=O)OC(COC(=O)CCCCCCCCCCC/C=C\CCCCCCCC)COP(=O)([O-])OCC[N+](C)(C)C. The smallest absolute Gasteiger partial charge is 0.306 e. The lowest BCUT2D eigenvalue weighted by atomic mass is 10.1. The number of carbonyl (C=O) groups excluding carboxylic acids is 2. The molecule has 0 heterocycles. The molecule has 0 aliphatic carbocycles. The van der Waals surface area contributed by atoms with Crippen LogP contribution < -0.4 is 4.89 Å². The number of rotatable bonds is 50. The molecule has 402 valence electrons. The molecule has 0 N–H and O–H groups in total. The largest absolute Gasteiger partial charge is 0.756 e. The van der Waals surface area contributed by atoms with E-state index in [1.54, 1.807) is 0 Å². The standard InChI is InChI=1S/C60H104NO8P/c1-6-8-10-12-14-16-18-20-22-24-26-27-28-29-30-31-32-33-35-37-39-41-43-45-47-49-51-53-60(63)69-58(57-68-70(64,65)67-55-54-61(3,4)5)56-66-59(62)52-50-48-46-44-42-40-38-36-34-25-23-21-19-17-15-13-11-9-7-2/h8,10,14,16,20-23,26-27,29-30,32-33,37,39,58H,6-7,9,11-13,15,17-19,24-25,28,31,34-36,38,40-57H2,1-5H3/b10-8-,16-14-,22-20-,23-21-,27-26-,30-29-,33-32-,39-37-. The quantitative estimate of drug-likeness (QED) is 0.0195. The van der Waals surface area contributed by atoms with Crippen LogP contribution in [-0.2, 0) is 32.7 Å². The van der Waals surface area contributed by atoms with E-state index in [2.05, 4.69) is 111 Å². The molecule has 2 atom stereocenters. The summed E-state index contributed by atoms with van der Waals surface area (Å²) in [6.07, 6.45) is 68.7. The zero-order chi connectivity index (χ0) is 51.3. The Hall–Kier alpha value is -3.07. The number of phosphoric acid groups is 1. The van der Waals surface area contributed by atoms with Crippen LogP contribution in [0.15, 0.2) is 97.2 Å². The lowest BCUT2D eigenvalue weighted by Crippen LogP contribution is -2.37. The summed E-state index contributed by atoms with van der Waals surface area (Å²) < 4.78 is 34.1. The molecule has 10 heteroatoms. The third-order valence-electron chi connectivity index (χ3n) is 11.6. The number of hydrogen-bond acceptors (Lipinski definition) is 8. The van der Waals surface area contributed by atoms with Gasteiger partial charge in [-0.2, -0.15) is 0 Å². The second-order valence-corrected chi connectivity index (χ2v) is 21.0. The minimum Gasteiger partial charge on any atom is -0.756 e. The summed E-state index contributed by atoms with van der Waals surface area (Å²) in [5.74, 6) is -0.862. The lowest BCUT2D eigenvalue weighted by Gasteiger charge is -2.28. The molecule has 0 aromatic rings. The average Bonchev–Trinajstić information content (AvgIpc) is 3.32. The molecular formula is C60H104NO8P. The number of likely N-dealkylation sites (N-methyl/N-ethyl adjacent to an activating group) is 1. The normalized spacial score (nSPS) is 14.1. The minimum atomic E-state index is -4.65. The maximum absolute atomic E-state index is 12.8. The van der Waals surface area contributed by atoms with E-state index >= 15 is 0 Å². The van der Waals surface area contributed by atoms with E-state index < -0.39 is 32.5 Å². The summed E-state index contributed by atoms with van der Waals surface area (Å²) in [7, 11) is 1.14. The Bertz CT molecular complexity index is 1500. The van der Waals surface area contributed by atoms with Crippen LogP contribution in [0.2, 0.25) is 0 Å². The molecule has 0 saturated carbocycles. The van der Waals surface area contributed by atoms with E-state index in [-0.39, 0.29) is 26.1 Å². The van der Waals surface area contributed by atoms with Gasteiger partial charge in [0.2, 0.25) is 0 Å². The van der Waals surface area contributed by atoms with Crippen LogP contribution in [0.4, 0.5) is 0 Å². The monoisotopic (exact) mass is 998 g/mol. The van der Waals surface area contributed by atoms with Crippen LogP contribution in [-0.4, -0.2) is 70.0 Å². The number of esters is 2. The Labute approximate surface area is 430 Å². The maximum Gasteiger partial charge on any atom is 0.306 e. The van der Waals surface area contributed by atoms with Gasteiger partial charge in [0.1, 0.15) is 19.8 Å². The molecular weight excluding hydrogens is 894 g/mol. The molecule has 0 spiro atoms. The Kier molecular flexibility index (Phi) is 48.6. The van der Waals surface area contributed by atoms with Crippen molar-refractivity contribution >= 4 is 19.8 Å². The molecule has 9 nitrogen and oxygen atoms in total. The Morgan fingerprint density at radius 1 is 0.457 bits per heavy atom. The fraction of sp³-hybridized carbons (Fsp3) is 0.700. The van der Waals surface area contributed by atoms with Gasteiger partial charge in [-0.25, -0.2) is 0 Å². The van der Waals surface area contributed by atoms with Crippen LogP contribution >= 0.6 is 7.82 Å². The van der Waals surface area contributed by atoms with Crippen molar-refractivity contribution in [2.24, 2.45) is 0 Å². The van der Waals surface area contributed by atoms with Crippen molar-refractivity contribution < 1.29 is 42.1 Å². The zero-order valence-electron chi connectivity index (χ0n) is 45.4. The number of hydrogen-bond donors (Lipinski definition) is 0. The van der Waals surface area contributed by atoms with Crippen LogP contribution in [0.1, 0.15) is 219 Å². The second-order valence-electron chi connectivity index (χ2n) is 19.6. The Morgan fingerprint density at radius 2 is 0.814 bits per heavy atom. The van der Waals surface area contributed by atoms with E-state index in [4.69, 9.17) is 18.5 Å². The summed E-state index contributed by atoms with van der Waals surface area (Å²) in [6, 6.07) is 0. The molecule has 0 aromatic carbocycles. The van der Waals surface area contributed by atoms with Gasteiger partial charge in [-0.15, -0.1) is 0 Å². The number of allylic oxidation sites excluding steroid dienone is 16. The Morgan fingerprint density at radius 3 is 1.23 bits per heavy atom. The highest BCUT2D eigenvalue weighted by Crippen LogP contribution is 2.38. The van der Waals surface area contributed by atoms with Crippen molar-refractivity contribution in [2.75, 3.05) is 47.5 Å². The predicted octanol–water partition coefficient (Wildman–Crippen LogP) is 16.6. The number of quaternary nitrogens is 1. The molecule has 0 bridgehead atoms. The number of phosphoric ester groups is 1. The first kappa shape index (κ1) is 66.9. The fourth-order valence-corrected chi connectivity index (χ4v) is 8.01. The van der Waals surface area contributed by atoms with Gasteiger partial charge in [0.05, 0.1) is 27.7 Å². The topological polar surface area (TPSA) is 111 Å². The van der Waals surface area contributed by atoms with Gasteiger partial charge in [0.25, 0.3) is 7.82 Å². The van der Waals surface area contributed by atoms with Crippen LogP contribution in [0.3, 0.4) is 0 Å². The molecule has 70 heavy (non-hydrogen) atoms. The predicted molar refractivity (Wildman–Crippen MR) is 295 cm³/mol. The molecule has 0 amide bonds. The van der Waals surface area contributed by atoms with E-state index in [0.29, 0.717) is 17.4 Å². The van der Waals surface area contributed by atoms with Crippen molar-refractivity contribution in [3.8, 4) is 0 Å². The molecule has 0 fully saturated rings. The van der Waals surface area contributed by atoms with Gasteiger partial charge in [0.15, 0.2) is 6.10 Å². The average molecular weight is 998 g/mol. The molecule has 2 unspecified atom stereocenters. The highest BCUT2D eigenvalue weighted by Gasteiger charge is 2.21. The summed E-state index contributed by atoms with van der Waals surface area (Å²) in [5.41, 5.74) is 0. The third kappa shape index (κ3) is 54.3. The zero-order valence-corrected chi connectivity index (χ0v) is 46.3. The molecule has 0 saturated heterocycles. The highest BCUT2D eigenvalue weighted by molar-refractivity contribution is 7.45. The van der Waals surface area contributed by atoms with Crippen molar-refractivity contribution in [3.63, 3.8) is 0 Å². The number of unbranched alkanes of at least 4 members (excludes halogenated alkanes) is 20. The lowest BCUT2D eigenvalue weighted by molar-refractivity contribution is -0.870. The summed E-state index contributed by atoms with van der Waals surface area (Å²) in [5, 5.41) is 0. The summed E-state index contributed by atoms with van der Waals surface area (Å²) in [6.45, 7) is 4.09. The molecule has 0 rings (SSSR count). The van der Waals surface area contributed by atoms with Gasteiger partial charge in [-0.3, -0.25) is 14.2 Å². The fourth-order valence-electron chi connectivity index (χ4n) is 7.28. The van der Waals surface area contributed by atoms with E-state index in [9.17, 15) is 19.0 Å². The minimum absolute atomic E-state index is 0.0401. The van der Waals surface area contributed by atoms with Crippen molar-refractivity contribution in [3.05, 3.63) is 97.2 Å². The number of nitrogens with zero attached hydrogens (tertiary/aromatic N) is 1. The van der Waals surface area contributed by atoms with Crippen LogP contribution in [0.25, 0.3) is 0 Å². The van der Waals surface area contributed by atoms with Gasteiger partial charge in [-0.05, 0) is 96.3 Å².